The molecule has 1 saturated heterocycles. The zero-order chi connectivity index (χ0) is 15.7. The highest BCUT2D eigenvalue weighted by Gasteiger charge is 2.35. The number of ether oxygens (including phenoxy) is 1. The van der Waals surface area contributed by atoms with E-state index in [0.717, 1.165) is 5.56 Å². The van der Waals surface area contributed by atoms with Crippen LogP contribution in [0.25, 0.3) is 0 Å². The third kappa shape index (κ3) is 2.69. The minimum atomic E-state index is -3.65. The van der Waals surface area contributed by atoms with Gasteiger partial charge in [0.05, 0.1) is 17.9 Å². The highest BCUT2D eigenvalue weighted by atomic mass is 32.2. The molecule has 0 aliphatic carbocycles. The van der Waals surface area contributed by atoms with Gasteiger partial charge in [0.15, 0.2) is 0 Å². The average molecular weight is 326 g/mol. The molecule has 2 heterocycles. The molecule has 1 aromatic rings. The van der Waals surface area contributed by atoms with E-state index in [2.05, 4.69) is 0 Å². The molecule has 7 nitrogen and oxygen atoms in total. The Labute approximate surface area is 129 Å². The number of carboxylic acids is 1. The van der Waals surface area contributed by atoms with E-state index in [1.807, 2.05) is 0 Å². The first-order valence-corrected chi connectivity index (χ1v) is 8.61. The van der Waals surface area contributed by atoms with Crippen LogP contribution in [0.2, 0.25) is 0 Å². The van der Waals surface area contributed by atoms with Gasteiger partial charge in [-0.3, -0.25) is 4.31 Å². The normalized spacial score (nSPS) is 19.7. The lowest BCUT2D eigenvalue weighted by Gasteiger charge is -2.27. The van der Waals surface area contributed by atoms with Gasteiger partial charge in [0.2, 0.25) is 0 Å². The topological polar surface area (TPSA) is 87.2 Å². The van der Waals surface area contributed by atoms with Crippen LogP contribution in [0.3, 0.4) is 0 Å². The maximum Gasteiger partial charge on any atom is 0.335 e. The van der Waals surface area contributed by atoms with Gasteiger partial charge in [0.25, 0.3) is 0 Å². The van der Waals surface area contributed by atoms with Crippen LogP contribution < -0.4 is 4.31 Å². The van der Waals surface area contributed by atoms with Crippen molar-refractivity contribution in [3.63, 3.8) is 0 Å². The van der Waals surface area contributed by atoms with Crippen molar-refractivity contribution >= 4 is 21.9 Å². The van der Waals surface area contributed by atoms with Crippen molar-refractivity contribution in [2.75, 3.05) is 37.2 Å². The summed E-state index contributed by atoms with van der Waals surface area (Å²) >= 11 is 0. The van der Waals surface area contributed by atoms with E-state index in [4.69, 9.17) is 9.84 Å². The van der Waals surface area contributed by atoms with Gasteiger partial charge in [0.1, 0.15) is 0 Å². The number of aromatic carboxylic acids is 1. The van der Waals surface area contributed by atoms with Gasteiger partial charge >= 0.3 is 16.2 Å². The van der Waals surface area contributed by atoms with Crippen molar-refractivity contribution in [2.45, 2.75) is 12.8 Å². The van der Waals surface area contributed by atoms with Crippen LogP contribution in [0.15, 0.2) is 18.2 Å². The van der Waals surface area contributed by atoms with Crippen LogP contribution in [0, 0.1) is 0 Å². The molecule has 0 aromatic heterocycles. The van der Waals surface area contributed by atoms with E-state index < -0.39 is 16.2 Å². The van der Waals surface area contributed by atoms with Gasteiger partial charge in [-0.25, -0.2) is 4.79 Å². The van der Waals surface area contributed by atoms with Crippen molar-refractivity contribution in [3.05, 3.63) is 29.3 Å². The van der Waals surface area contributed by atoms with Crippen molar-refractivity contribution < 1.29 is 23.1 Å². The number of fused-ring (bicyclic) bond motifs is 1. The van der Waals surface area contributed by atoms with Crippen molar-refractivity contribution in [1.29, 1.82) is 0 Å². The molecule has 1 fully saturated rings. The van der Waals surface area contributed by atoms with Crippen LogP contribution in [0.5, 0.6) is 0 Å². The molecule has 0 saturated carbocycles. The second kappa shape index (κ2) is 5.86. The van der Waals surface area contributed by atoms with Gasteiger partial charge in [0, 0.05) is 26.2 Å². The quantitative estimate of drug-likeness (QED) is 0.884. The second-order valence-electron chi connectivity index (χ2n) is 5.34. The van der Waals surface area contributed by atoms with Crippen LogP contribution in [0.1, 0.15) is 22.3 Å². The highest BCUT2D eigenvalue weighted by molar-refractivity contribution is 7.90. The SMILES string of the molecule is O=C(O)c1ccc2c(c1)N(S(=O)(=O)N1CCCOCC1)CC2. The van der Waals surface area contributed by atoms with E-state index in [1.54, 1.807) is 6.07 Å². The fourth-order valence-corrected chi connectivity index (χ4v) is 4.50. The van der Waals surface area contributed by atoms with Crippen LogP contribution in [-0.4, -0.2) is 56.6 Å². The summed E-state index contributed by atoms with van der Waals surface area (Å²) in [6, 6.07) is 4.65. The molecular formula is C14H18N2O5S. The molecule has 8 heteroatoms. The molecule has 0 radical (unpaired) electrons. The molecule has 1 N–H and O–H groups in total. The third-order valence-electron chi connectivity index (χ3n) is 3.97. The molecule has 0 spiro atoms. The molecule has 0 unspecified atom stereocenters. The summed E-state index contributed by atoms with van der Waals surface area (Å²) in [4.78, 5) is 11.1. The van der Waals surface area contributed by atoms with Crippen LogP contribution >= 0.6 is 0 Å². The maximum atomic E-state index is 12.8. The summed E-state index contributed by atoms with van der Waals surface area (Å²) in [6.07, 6.45) is 1.26. The number of carbonyl (C=O) groups is 1. The first-order valence-electron chi connectivity index (χ1n) is 7.22. The van der Waals surface area contributed by atoms with E-state index in [0.29, 0.717) is 51.4 Å². The summed E-state index contributed by atoms with van der Waals surface area (Å²) < 4.78 is 33.7. The Balaban J connectivity index is 1.94. The summed E-state index contributed by atoms with van der Waals surface area (Å²) in [6.45, 7) is 2.04. The number of benzene rings is 1. The fraction of sp³-hybridized carbons (Fsp3) is 0.500. The summed E-state index contributed by atoms with van der Waals surface area (Å²) in [5.74, 6) is -1.06. The molecular weight excluding hydrogens is 308 g/mol. The van der Waals surface area contributed by atoms with E-state index >= 15 is 0 Å². The first-order chi connectivity index (χ1) is 10.5. The number of rotatable bonds is 3. The molecule has 22 heavy (non-hydrogen) atoms. The van der Waals surface area contributed by atoms with Crippen LogP contribution in [-0.2, 0) is 21.4 Å². The number of hydrogen-bond acceptors (Lipinski definition) is 4. The fourth-order valence-electron chi connectivity index (χ4n) is 2.82. The average Bonchev–Trinajstić information content (AvgIpc) is 2.72. The molecule has 2 aliphatic rings. The van der Waals surface area contributed by atoms with Gasteiger partial charge in [-0.2, -0.15) is 12.7 Å². The van der Waals surface area contributed by atoms with Gasteiger partial charge < -0.3 is 9.84 Å². The Morgan fingerprint density at radius 2 is 2.00 bits per heavy atom. The minimum absolute atomic E-state index is 0.0973. The lowest BCUT2D eigenvalue weighted by Crippen LogP contribution is -2.44. The van der Waals surface area contributed by atoms with Crippen molar-refractivity contribution in [3.8, 4) is 0 Å². The molecule has 3 rings (SSSR count). The van der Waals surface area contributed by atoms with E-state index in [-0.39, 0.29) is 5.56 Å². The van der Waals surface area contributed by atoms with Gasteiger partial charge in [-0.05, 0) is 30.5 Å². The molecule has 0 amide bonds. The van der Waals surface area contributed by atoms with Crippen LogP contribution in [0.4, 0.5) is 5.69 Å². The Hall–Kier alpha value is -1.64. The largest absolute Gasteiger partial charge is 0.478 e. The molecule has 1 aromatic carbocycles. The molecule has 2 aliphatic heterocycles. The summed E-state index contributed by atoms with van der Waals surface area (Å²) in [5, 5.41) is 9.10. The van der Waals surface area contributed by atoms with Gasteiger partial charge in [-0.15, -0.1) is 0 Å². The Kier molecular flexibility index (Phi) is 4.07. The van der Waals surface area contributed by atoms with Crippen molar-refractivity contribution in [1.82, 2.24) is 4.31 Å². The maximum absolute atomic E-state index is 12.8. The van der Waals surface area contributed by atoms with Gasteiger partial charge in [-0.1, -0.05) is 6.07 Å². The van der Waals surface area contributed by atoms with Crippen molar-refractivity contribution in [2.24, 2.45) is 0 Å². The first kappa shape index (κ1) is 15.3. The molecule has 120 valence electrons. The zero-order valence-electron chi connectivity index (χ0n) is 12.1. The highest BCUT2D eigenvalue weighted by Crippen LogP contribution is 2.32. The third-order valence-corrected chi connectivity index (χ3v) is 5.93. The number of carboxylic acid groups (broad SMARTS) is 1. The summed E-state index contributed by atoms with van der Waals surface area (Å²) in [7, 11) is -3.65. The predicted octanol–water partition coefficient (Wildman–Crippen LogP) is 0.714. The number of anilines is 1. The Morgan fingerprint density at radius 1 is 1.18 bits per heavy atom. The zero-order valence-corrected chi connectivity index (χ0v) is 12.9. The predicted molar refractivity (Wildman–Crippen MR) is 80.4 cm³/mol. The number of hydrogen-bond donors (Lipinski definition) is 1. The lowest BCUT2D eigenvalue weighted by atomic mass is 10.1. The van der Waals surface area contributed by atoms with E-state index in [1.165, 1.54) is 20.7 Å². The molecule has 0 bridgehead atoms. The van der Waals surface area contributed by atoms with E-state index in [9.17, 15) is 13.2 Å². The molecule has 0 atom stereocenters. The summed E-state index contributed by atoms with van der Waals surface area (Å²) in [5.41, 5.74) is 1.43. The number of nitrogens with zero attached hydrogens (tertiary/aromatic N) is 2. The minimum Gasteiger partial charge on any atom is -0.478 e. The lowest BCUT2D eigenvalue weighted by molar-refractivity contribution is 0.0697. The second-order valence-corrected chi connectivity index (χ2v) is 7.20. The Morgan fingerprint density at radius 3 is 2.77 bits per heavy atom. The smallest absolute Gasteiger partial charge is 0.335 e. The standard InChI is InChI=1S/C14H18N2O5S/c17-14(18)12-3-2-11-4-6-16(13(11)10-12)22(19,20)15-5-1-8-21-9-7-15/h2-3,10H,1,4-9H2,(H,17,18). The Bertz CT molecular complexity index is 680. The monoisotopic (exact) mass is 326 g/mol.